The van der Waals surface area contributed by atoms with Crippen molar-refractivity contribution >= 4 is 23.8 Å². The first-order valence-electron chi connectivity index (χ1n) is 7.44. The van der Waals surface area contributed by atoms with Crippen molar-refractivity contribution in [2.75, 3.05) is 12.1 Å². The standard InChI is InChI=1S/C17H18N4O2/c1-3-16(22)21-17-15(8-5-9-18-17)19-12-20(21)11-13-6-4-7-14(10-13)23-2/h4-10,12H,3,11H2,1-2H3. The van der Waals surface area contributed by atoms with Gasteiger partial charge in [0.2, 0.25) is 5.91 Å². The lowest BCUT2D eigenvalue weighted by Gasteiger charge is -2.35. The highest BCUT2D eigenvalue weighted by molar-refractivity contribution is 5.97. The molecule has 118 valence electrons. The van der Waals surface area contributed by atoms with E-state index in [2.05, 4.69) is 9.98 Å². The summed E-state index contributed by atoms with van der Waals surface area (Å²) in [6, 6.07) is 11.4. The Hall–Kier alpha value is -2.89. The molecule has 0 radical (unpaired) electrons. The Morgan fingerprint density at radius 1 is 1.26 bits per heavy atom. The number of hydrazine groups is 1. The van der Waals surface area contributed by atoms with Crippen LogP contribution in [0.4, 0.5) is 11.5 Å². The number of fused-ring (bicyclic) bond motifs is 1. The quantitative estimate of drug-likeness (QED) is 0.871. The molecule has 0 N–H and O–H groups in total. The maximum absolute atomic E-state index is 12.4. The van der Waals surface area contributed by atoms with Gasteiger partial charge in [-0.05, 0) is 29.8 Å². The highest BCUT2D eigenvalue weighted by atomic mass is 16.5. The maximum atomic E-state index is 12.4. The molecule has 6 nitrogen and oxygen atoms in total. The number of carbonyl (C=O) groups is 1. The number of carbonyl (C=O) groups excluding carboxylic acids is 1. The van der Waals surface area contributed by atoms with Gasteiger partial charge in [0, 0.05) is 12.6 Å². The molecule has 2 heterocycles. The van der Waals surface area contributed by atoms with Gasteiger partial charge < -0.3 is 4.74 Å². The van der Waals surface area contributed by atoms with Crippen molar-refractivity contribution in [3.63, 3.8) is 0 Å². The second-order valence-corrected chi connectivity index (χ2v) is 5.10. The molecule has 1 aromatic heterocycles. The molecule has 1 aromatic carbocycles. The highest BCUT2D eigenvalue weighted by Gasteiger charge is 2.27. The predicted octanol–water partition coefficient (Wildman–Crippen LogP) is 2.92. The van der Waals surface area contributed by atoms with Gasteiger partial charge in [-0.25, -0.2) is 9.98 Å². The molecule has 6 heteroatoms. The lowest BCUT2D eigenvalue weighted by Crippen LogP contribution is -2.47. The van der Waals surface area contributed by atoms with Gasteiger partial charge in [-0.1, -0.05) is 19.1 Å². The number of benzene rings is 1. The van der Waals surface area contributed by atoms with Crippen LogP contribution in [0.3, 0.4) is 0 Å². The molecule has 1 aliphatic rings. The average Bonchev–Trinajstić information content (AvgIpc) is 2.61. The number of amides is 1. The maximum Gasteiger partial charge on any atom is 0.247 e. The van der Waals surface area contributed by atoms with E-state index in [4.69, 9.17) is 4.74 Å². The van der Waals surface area contributed by atoms with Crippen LogP contribution in [-0.4, -0.2) is 29.3 Å². The molecule has 2 aromatic rings. The van der Waals surface area contributed by atoms with Gasteiger partial charge in [0.25, 0.3) is 0 Å². The fourth-order valence-electron chi connectivity index (χ4n) is 2.44. The van der Waals surface area contributed by atoms with Crippen molar-refractivity contribution in [1.29, 1.82) is 0 Å². The van der Waals surface area contributed by atoms with Crippen LogP contribution < -0.4 is 9.75 Å². The first kappa shape index (κ1) is 15.0. The molecular formula is C17H18N4O2. The van der Waals surface area contributed by atoms with E-state index in [0.29, 0.717) is 24.5 Å². The summed E-state index contributed by atoms with van der Waals surface area (Å²) in [5, 5.41) is 3.36. The first-order chi connectivity index (χ1) is 11.2. The summed E-state index contributed by atoms with van der Waals surface area (Å²) in [6.07, 6.45) is 3.72. The van der Waals surface area contributed by atoms with Crippen LogP contribution in [0, 0.1) is 0 Å². The topological polar surface area (TPSA) is 58.0 Å². The van der Waals surface area contributed by atoms with Crippen LogP contribution in [0.1, 0.15) is 18.9 Å². The molecule has 0 bridgehead atoms. The van der Waals surface area contributed by atoms with Crippen molar-refractivity contribution in [1.82, 2.24) is 9.99 Å². The van der Waals surface area contributed by atoms with Crippen LogP contribution in [0.15, 0.2) is 47.6 Å². The van der Waals surface area contributed by atoms with Crippen LogP contribution in [0.2, 0.25) is 0 Å². The molecule has 0 saturated heterocycles. The van der Waals surface area contributed by atoms with Gasteiger partial charge in [0.15, 0.2) is 5.82 Å². The monoisotopic (exact) mass is 310 g/mol. The average molecular weight is 310 g/mol. The van der Waals surface area contributed by atoms with Gasteiger partial charge in [0.1, 0.15) is 17.8 Å². The van der Waals surface area contributed by atoms with Crippen molar-refractivity contribution < 1.29 is 9.53 Å². The SMILES string of the molecule is CCC(=O)N1c2ncccc2N=CN1Cc1cccc(OC)c1. The summed E-state index contributed by atoms with van der Waals surface area (Å²) in [7, 11) is 1.63. The molecule has 23 heavy (non-hydrogen) atoms. The van der Waals surface area contributed by atoms with Crippen LogP contribution >= 0.6 is 0 Å². The summed E-state index contributed by atoms with van der Waals surface area (Å²) < 4.78 is 5.25. The fourth-order valence-corrected chi connectivity index (χ4v) is 2.44. The minimum atomic E-state index is -0.0287. The highest BCUT2D eigenvalue weighted by Crippen LogP contribution is 2.31. The number of nitrogens with zero attached hydrogens (tertiary/aromatic N) is 4. The number of hydrogen-bond acceptors (Lipinski definition) is 5. The van der Waals surface area contributed by atoms with E-state index in [-0.39, 0.29) is 5.91 Å². The van der Waals surface area contributed by atoms with Crippen molar-refractivity contribution in [2.45, 2.75) is 19.9 Å². The van der Waals surface area contributed by atoms with Crippen LogP contribution in [-0.2, 0) is 11.3 Å². The van der Waals surface area contributed by atoms with Crippen molar-refractivity contribution in [2.24, 2.45) is 4.99 Å². The molecular weight excluding hydrogens is 292 g/mol. The normalized spacial score (nSPS) is 13.0. The van der Waals surface area contributed by atoms with E-state index in [0.717, 1.165) is 11.3 Å². The molecule has 0 fully saturated rings. The Kier molecular flexibility index (Phi) is 4.23. The zero-order valence-corrected chi connectivity index (χ0v) is 13.1. The second-order valence-electron chi connectivity index (χ2n) is 5.10. The molecule has 1 aliphatic heterocycles. The Morgan fingerprint density at radius 2 is 2.13 bits per heavy atom. The minimum absolute atomic E-state index is 0.0287. The van der Waals surface area contributed by atoms with E-state index in [9.17, 15) is 4.79 Å². The fraction of sp³-hybridized carbons (Fsp3) is 0.235. The van der Waals surface area contributed by atoms with E-state index in [1.807, 2.05) is 43.3 Å². The van der Waals surface area contributed by atoms with Gasteiger partial charge in [-0.15, -0.1) is 0 Å². The minimum Gasteiger partial charge on any atom is -0.497 e. The molecule has 0 spiro atoms. The zero-order chi connectivity index (χ0) is 16.2. The lowest BCUT2D eigenvalue weighted by molar-refractivity contribution is -0.120. The van der Waals surface area contributed by atoms with Crippen LogP contribution in [0.5, 0.6) is 5.75 Å². The van der Waals surface area contributed by atoms with Crippen molar-refractivity contribution in [3.8, 4) is 5.75 Å². The zero-order valence-electron chi connectivity index (χ0n) is 13.1. The predicted molar refractivity (Wildman–Crippen MR) is 88.7 cm³/mol. The van der Waals surface area contributed by atoms with Crippen molar-refractivity contribution in [3.05, 3.63) is 48.2 Å². The van der Waals surface area contributed by atoms with Gasteiger partial charge in [-0.3, -0.25) is 9.80 Å². The van der Waals surface area contributed by atoms with E-state index in [1.165, 1.54) is 0 Å². The summed E-state index contributed by atoms with van der Waals surface area (Å²) in [4.78, 5) is 21.1. The Morgan fingerprint density at radius 3 is 2.91 bits per heavy atom. The van der Waals surface area contributed by atoms with E-state index >= 15 is 0 Å². The van der Waals surface area contributed by atoms with Crippen LogP contribution in [0.25, 0.3) is 0 Å². The number of methoxy groups -OCH3 is 1. The van der Waals surface area contributed by atoms with E-state index in [1.54, 1.807) is 29.7 Å². The number of rotatable bonds is 4. The molecule has 0 saturated carbocycles. The largest absolute Gasteiger partial charge is 0.497 e. The van der Waals surface area contributed by atoms with Gasteiger partial charge in [0.05, 0.1) is 13.7 Å². The number of hydrogen-bond donors (Lipinski definition) is 0. The molecule has 0 unspecified atom stereocenters. The van der Waals surface area contributed by atoms with Gasteiger partial charge in [-0.2, -0.15) is 5.01 Å². The number of aliphatic imine (C=N–C) groups is 1. The first-order valence-corrected chi connectivity index (χ1v) is 7.44. The third-order valence-corrected chi connectivity index (χ3v) is 3.57. The number of aromatic nitrogens is 1. The Bertz CT molecular complexity index is 745. The van der Waals surface area contributed by atoms with Gasteiger partial charge >= 0.3 is 0 Å². The van der Waals surface area contributed by atoms with E-state index < -0.39 is 0 Å². The number of pyridine rings is 1. The smallest absolute Gasteiger partial charge is 0.247 e. The lowest BCUT2D eigenvalue weighted by atomic mass is 10.2. The molecule has 1 amide bonds. The second kappa shape index (κ2) is 6.48. The number of ether oxygens (including phenoxy) is 1. The summed E-state index contributed by atoms with van der Waals surface area (Å²) >= 11 is 0. The summed E-state index contributed by atoms with van der Waals surface area (Å²) in [6.45, 7) is 2.34. The Balaban J connectivity index is 1.93. The molecule has 0 aliphatic carbocycles. The Labute approximate surface area is 135 Å². The number of anilines is 1. The molecule has 0 atom stereocenters. The summed E-state index contributed by atoms with van der Waals surface area (Å²) in [5.74, 6) is 1.31. The summed E-state index contributed by atoms with van der Waals surface area (Å²) in [5.41, 5.74) is 1.71. The third-order valence-electron chi connectivity index (χ3n) is 3.57. The third kappa shape index (κ3) is 3.01. The molecule has 3 rings (SSSR count).